The van der Waals surface area contributed by atoms with Crippen LogP contribution in [0.15, 0.2) is 18.2 Å². The van der Waals surface area contributed by atoms with Crippen LogP contribution in [0, 0.1) is 5.82 Å². The first-order chi connectivity index (χ1) is 9.81. The molecule has 0 aromatic heterocycles. The maximum absolute atomic E-state index is 13.9. The van der Waals surface area contributed by atoms with Gasteiger partial charge in [-0.1, -0.05) is 19.1 Å². The van der Waals surface area contributed by atoms with Gasteiger partial charge in [-0.2, -0.15) is 0 Å². The number of rotatable bonds is 8. The Morgan fingerprint density at radius 2 is 2.10 bits per heavy atom. The molecule has 4 heteroatoms. The molecule has 20 heavy (non-hydrogen) atoms. The number of hydrogen-bond acceptors (Lipinski definition) is 3. The molecule has 0 radical (unpaired) electrons. The average Bonchev–Trinajstić information content (AvgIpc) is 2.95. The van der Waals surface area contributed by atoms with Crippen LogP contribution in [0.2, 0.25) is 0 Å². The van der Waals surface area contributed by atoms with E-state index >= 15 is 0 Å². The molecule has 0 amide bonds. The van der Waals surface area contributed by atoms with Crippen molar-refractivity contribution < 1.29 is 9.13 Å². The maximum Gasteiger partial charge on any atom is 0.165 e. The minimum atomic E-state index is -0.262. The van der Waals surface area contributed by atoms with Crippen LogP contribution in [0.5, 0.6) is 5.75 Å². The fraction of sp³-hybridized carbons (Fsp3) is 0.625. The SMILES string of the molecule is CCCNCc1cccc(F)c1OCCN1CCCC1. The van der Waals surface area contributed by atoms with E-state index in [1.165, 1.54) is 18.9 Å². The van der Waals surface area contributed by atoms with E-state index < -0.39 is 0 Å². The number of para-hydroxylation sites is 1. The van der Waals surface area contributed by atoms with Crippen LogP contribution < -0.4 is 10.1 Å². The monoisotopic (exact) mass is 280 g/mol. The van der Waals surface area contributed by atoms with Crippen molar-refractivity contribution in [2.45, 2.75) is 32.7 Å². The Bertz CT molecular complexity index is 405. The van der Waals surface area contributed by atoms with Gasteiger partial charge < -0.3 is 10.1 Å². The second-order valence-corrected chi connectivity index (χ2v) is 5.30. The highest BCUT2D eigenvalue weighted by molar-refractivity contribution is 5.34. The van der Waals surface area contributed by atoms with Gasteiger partial charge in [-0.15, -0.1) is 0 Å². The summed E-state index contributed by atoms with van der Waals surface area (Å²) in [6.07, 6.45) is 3.61. The van der Waals surface area contributed by atoms with E-state index in [-0.39, 0.29) is 5.82 Å². The van der Waals surface area contributed by atoms with Crippen molar-refractivity contribution in [3.63, 3.8) is 0 Å². The number of benzene rings is 1. The minimum absolute atomic E-state index is 0.262. The number of nitrogens with zero attached hydrogens (tertiary/aromatic N) is 1. The lowest BCUT2D eigenvalue weighted by molar-refractivity contribution is 0.229. The first kappa shape index (κ1) is 15.3. The zero-order chi connectivity index (χ0) is 14.2. The Morgan fingerprint density at radius 3 is 2.85 bits per heavy atom. The standard InChI is InChI=1S/C16H25FN2O/c1-2-8-18-13-14-6-5-7-15(17)16(14)20-12-11-19-9-3-4-10-19/h5-7,18H,2-4,8-13H2,1H3. The van der Waals surface area contributed by atoms with Crippen molar-refractivity contribution in [3.05, 3.63) is 29.6 Å². The summed E-state index contributed by atoms with van der Waals surface area (Å²) in [6, 6.07) is 5.14. The van der Waals surface area contributed by atoms with Gasteiger partial charge in [0.15, 0.2) is 11.6 Å². The summed E-state index contributed by atoms with van der Waals surface area (Å²) in [5.41, 5.74) is 0.903. The van der Waals surface area contributed by atoms with Crippen molar-refractivity contribution in [1.82, 2.24) is 10.2 Å². The van der Waals surface area contributed by atoms with Gasteiger partial charge in [0.05, 0.1) is 0 Å². The van der Waals surface area contributed by atoms with Crippen LogP contribution in [0.3, 0.4) is 0 Å². The third-order valence-corrected chi connectivity index (χ3v) is 3.64. The van der Waals surface area contributed by atoms with E-state index in [0.717, 1.165) is 38.2 Å². The topological polar surface area (TPSA) is 24.5 Å². The normalized spacial score (nSPS) is 15.7. The van der Waals surface area contributed by atoms with Crippen molar-refractivity contribution >= 4 is 0 Å². The molecule has 1 aliphatic rings. The van der Waals surface area contributed by atoms with Gasteiger partial charge in [-0.05, 0) is 45.0 Å². The van der Waals surface area contributed by atoms with Crippen molar-refractivity contribution in [1.29, 1.82) is 0 Å². The summed E-state index contributed by atoms with van der Waals surface area (Å²) >= 11 is 0. The first-order valence-electron chi connectivity index (χ1n) is 7.64. The lowest BCUT2D eigenvalue weighted by Crippen LogP contribution is -2.25. The Kier molecular flexibility index (Phi) is 6.27. The van der Waals surface area contributed by atoms with Gasteiger partial charge in [0.25, 0.3) is 0 Å². The van der Waals surface area contributed by atoms with Crippen molar-refractivity contribution in [3.8, 4) is 5.75 Å². The molecule has 1 aliphatic heterocycles. The Labute approximate surface area is 121 Å². The fourth-order valence-electron chi connectivity index (χ4n) is 2.54. The Morgan fingerprint density at radius 1 is 1.30 bits per heavy atom. The van der Waals surface area contributed by atoms with E-state index in [1.807, 2.05) is 6.07 Å². The molecule has 0 atom stereocenters. The zero-order valence-corrected chi connectivity index (χ0v) is 12.3. The van der Waals surface area contributed by atoms with Gasteiger partial charge >= 0.3 is 0 Å². The number of likely N-dealkylation sites (tertiary alicyclic amines) is 1. The highest BCUT2D eigenvalue weighted by Gasteiger charge is 2.13. The van der Waals surface area contributed by atoms with E-state index in [9.17, 15) is 4.39 Å². The zero-order valence-electron chi connectivity index (χ0n) is 12.3. The molecule has 1 saturated heterocycles. The lowest BCUT2D eigenvalue weighted by Gasteiger charge is -2.17. The van der Waals surface area contributed by atoms with Crippen LogP contribution in [-0.2, 0) is 6.54 Å². The van der Waals surface area contributed by atoms with Gasteiger partial charge in [0.1, 0.15) is 6.61 Å². The third-order valence-electron chi connectivity index (χ3n) is 3.64. The molecule has 1 fully saturated rings. The highest BCUT2D eigenvalue weighted by Crippen LogP contribution is 2.22. The predicted octanol–water partition coefficient (Wildman–Crippen LogP) is 2.80. The number of halogens is 1. The molecule has 1 N–H and O–H groups in total. The van der Waals surface area contributed by atoms with Crippen LogP contribution in [0.25, 0.3) is 0 Å². The van der Waals surface area contributed by atoms with Gasteiger partial charge in [0, 0.05) is 18.7 Å². The maximum atomic E-state index is 13.9. The summed E-state index contributed by atoms with van der Waals surface area (Å²) < 4.78 is 19.6. The van der Waals surface area contributed by atoms with E-state index in [1.54, 1.807) is 6.07 Å². The minimum Gasteiger partial charge on any atom is -0.489 e. The van der Waals surface area contributed by atoms with Gasteiger partial charge in [-0.3, -0.25) is 4.90 Å². The highest BCUT2D eigenvalue weighted by atomic mass is 19.1. The number of hydrogen-bond donors (Lipinski definition) is 1. The molecule has 0 unspecified atom stereocenters. The summed E-state index contributed by atoms with van der Waals surface area (Å²) in [5, 5.41) is 3.29. The molecule has 0 spiro atoms. The third kappa shape index (κ3) is 4.46. The average molecular weight is 280 g/mol. The first-order valence-corrected chi connectivity index (χ1v) is 7.64. The second-order valence-electron chi connectivity index (χ2n) is 5.30. The van der Waals surface area contributed by atoms with Crippen LogP contribution >= 0.6 is 0 Å². The van der Waals surface area contributed by atoms with Crippen molar-refractivity contribution in [2.24, 2.45) is 0 Å². The molecule has 0 bridgehead atoms. The number of nitrogens with one attached hydrogen (secondary N) is 1. The van der Waals surface area contributed by atoms with E-state index in [0.29, 0.717) is 18.9 Å². The molecule has 1 aromatic rings. The smallest absolute Gasteiger partial charge is 0.165 e. The predicted molar refractivity (Wildman–Crippen MR) is 79.6 cm³/mol. The van der Waals surface area contributed by atoms with Gasteiger partial charge in [-0.25, -0.2) is 4.39 Å². The van der Waals surface area contributed by atoms with Crippen LogP contribution in [0.1, 0.15) is 31.7 Å². The molecule has 3 nitrogen and oxygen atoms in total. The molecule has 0 aliphatic carbocycles. The summed E-state index contributed by atoms with van der Waals surface area (Å²) in [7, 11) is 0. The molecular weight excluding hydrogens is 255 g/mol. The molecule has 1 aromatic carbocycles. The number of ether oxygens (including phenoxy) is 1. The van der Waals surface area contributed by atoms with E-state index in [4.69, 9.17) is 4.74 Å². The molecule has 2 rings (SSSR count). The Hall–Kier alpha value is -1.13. The largest absolute Gasteiger partial charge is 0.489 e. The molecular formula is C16H25FN2O. The van der Waals surface area contributed by atoms with Crippen LogP contribution in [0.4, 0.5) is 4.39 Å². The van der Waals surface area contributed by atoms with Crippen molar-refractivity contribution in [2.75, 3.05) is 32.8 Å². The Balaban J connectivity index is 1.87. The lowest BCUT2D eigenvalue weighted by atomic mass is 10.2. The summed E-state index contributed by atoms with van der Waals surface area (Å²) in [6.45, 7) is 7.44. The van der Waals surface area contributed by atoms with E-state index in [2.05, 4.69) is 17.1 Å². The quantitative estimate of drug-likeness (QED) is 0.741. The van der Waals surface area contributed by atoms with Gasteiger partial charge in [0.2, 0.25) is 0 Å². The molecule has 112 valence electrons. The molecule has 0 saturated carbocycles. The summed E-state index contributed by atoms with van der Waals surface area (Å²) in [4.78, 5) is 2.37. The summed E-state index contributed by atoms with van der Waals surface area (Å²) in [5.74, 6) is 0.150. The molecule has 1 heterocycles. The fourth-order valence-corrected chi connectivity index (χ4v) is 2.54. The van der Waals surface area contributed by atoms with Crippen LogP contribution in [-0.4, -0.2) is 37.7 Å². The second kappa shape index (κ2) is 8.22.